The highest BCUT2D eigenvalue weighted by atomic mass is 35.5. The van der Waals surface area contributed by atoms with Crippen molar-refractivity contribution in [1.82, 2.24) is 15.2 Å². The SMILES string of the molecule is Cc1nc(COc2ccccc2C(=O)N2CCC3(CCNC3)CC2)cs1.Cl.Cl. The van der Waals surface area contributed by atoms with Crippen LogP contribution in [0.25, 0.3) is 0 Å². The molecule has 0 unspecified atom stereocenters. The van der Waals surface area contributed by atoms with E-state index in [4.69, 9.17) is 4.74 Å². The number of rotatable bonds is 4. The van der Waals surface area contributed by atoms with E-state index >= 15 is 0 Å². The Morgan fingerprint density at radius 3 is 2.64 bits per heavy atom. The molecule has 0 radical (unpaired) electrons. The minimum absolute atomic E-state index is 0. The maximum Gasteiger partial charge on any atom is 0.257 e. The summed E-state index contributed by atoms with van der Waals surface area (Å²) in [5.74, 6) is 0.724. The molecule has 8 heteroatoms. The maximum atomic E-state index is 13.1. The van der Waals surface area contributed by atoms with E-state index in [1.165, 1.54) is 6.42 Å². The van der Waals surface area contributed by atoms with Gasteiger partial charge in [0, 0.05) is 25.0 Å². The van der Waals surface area contributed by atoms with Crippen molar-refractivity contribution >= 4 is 42.1 Å². The summed E-state index contributed by atoms with van der Waals surface area (Å²) in [4.78, 5) is 19.5. The number of likely N-dealkylation sites (tertiary alicyclic amines) is 1. The van der Waals surface area contributed by atoms with Gasteiger partial charge in [0.25, 0.3) is 5.91 Å². The summed E-state index contributed by atoms with van der Waals surface area (Å²) in [6.07, 6.45) is 3.42. The van der Waals surface area contributed by atoms with E-state index in [0.717, 1.165) is 49.7 Å². The van der Waals surface area contributed by atoms with Crippen LogP contribution in [0.1, 0.15) is 40.3 Å². The predicted molar refractivity (Wildman–Crippen MR) is 117 cm³/mol. The number of thiazole rings is 1. The molecule has 0 atom stereocenters. The first kappa shape index (κ1) is 22.9. The second kappa shape index (κ2) is 9.92. The molecule has 0 saturated carbocycles. The molecule has 0 bridgehead atoms. The van der Waals surface area contributed by atoms with Gasteiger partial charge in [-0.15, -0.1) is 36.2 Å². The lowest BCUT2D eigenvalue weighted by Crippen LogP contribution is -2.44. The molecule has 3 heterocycles. The fourth-order valence-electron chi connectivity index (χ4n) is 3.97. The second-order valence-corrected chi connectivity index (χ2v) is 8.42. The number of hydrogen-bond acceptors (Lipinski definition) is 5. The third-order valence-corrected chi connectivity index (χ3v) is 6.43. The average Bonchev–Trinajstić information content (AvgIpc) is 3.29. The Morgan fingerprint density at radius 1 is 1.25 bits per heavy atom. The zero-order chi connectivity index (χ0) is 18.0. The fourth-order valence-corrected chi connectivity index (χ4v) is 4.57. The van der Waals surface area contributed by atoms with Crippen LogP contribution in [0.4, 0.5) is 0 Å². The molecule has 28 heavy (non-hydrogen) atoms. The third-order valence-electron chi connectivity index (χ3n) is 5.60. The van der Waals surface area contributed by atoms with Crippen molar-refractivity contribution in [3.8, 4) is 5.75 Å². The first-order valence-electron chi connectivity index (χ1n) is 9.28. The van der Waals surface area contributed by atoms with E-state index in [9.17, 15) is 4.79 Å². The molecule has 2 saturated heterocycles. The molecule has 2 aliphatic heterocycles. The number of nitrogens with zero attached hydrogens (tertiary/aromatic N) is 2. The smallest absolute Gasteiger partial charge is 0.257 e. The number of nitrogens with one attached hydrogen (secondary N) is 1. The summed E-state index contributed by atoms with van der Waals surface area (Å²) < 4.78 is 5.93. The van der Waals surface area contributed by atoms with Gasteiger partial charge in [0.1, 0.15) is 12.4 Å². The van der Waals surface area contributed by atoms with Crippen molar-refractivity contribution in [1.29, 1.82) is 0 Å². The van der Waals surface area contributed by atoms with Gasteiger partial charge in [0.15, 0.2) is 0 Å². The number of ether oxygens (including phenoxy) is 1. The molecule has 1 aromatic carbocycles. The van der Waals surface area contributed by atoms with E-state index in [0.29, 0.717) is 23.3 Å². The van der Waals surface area contributed by atoms with Gasteiger partial charge in [0.05, 0.1) is 16.3 Å². The van der Waals surface area contributed by atoms with Crippen molar-refractivity contribution in [3.05, 3.63) is 45.9 Å². The Kier molecular flexibility index (Phi) is 8.13. The Balaban J connectivity index is 0.00000140. The number of benzene rings is 1. The summed E-state index contributed by atoms with van der Waals surface area (Å²) in [6.45, 7) is 6.25. The lowest BCUT2D eigenvalue weighted by atomic mass is 9.78. The van der Waals surface area contributed by atoms with Crippen LogP contribution in [-0.4, -0.2) is 42.0 Å². The van der Waals surface area contributed by atoms with Crippen LogP contribution in [0.5, 0.6) is 5.75 Å². The number of piperidine rings is 1. The molecule has 5 nitrogen and oxygen atoms in total. The molecule has 1 aromatic heterocycles. The van der Waals surface area contributed by atoms with Crippen molar-refractivity contribution in [2.45, 2.75) is 32.8 Å². The number of aromatic nitrogens is 1. The number of hydrogen-bond donors (Lipinski definition) is 1. The van der Waals surface area contributed by atoms with Crippen LogP contribution in [0, 0.1) is 12.3 Å². The van der Waals surface area contributed by atoms with Gasteiger partial charge in [-0.25, -0.2) is 4.98 Å². The fraction of sp³-hybridized carbons (Fsp3) is 0.500. The molecule has 1 N–H and O–H groups in total. The number of carbonyl (C=O) groups excluding carboxylic acids is 1. The molecule has 0 aliphatic carbocycles. The van der Waals surface area contributed by atoms with E-state index in [2.05, 4.69) is 10.3 Å². The molecule has 4 rings (SSSR count). The van der Waals surface area contributed by atoms with Crippen LogP contribution < -0.4 is 10.1 Å². The standard InChI is InChI=1S/C20H25N3O2S.2ClH/c1-15-22-16(13-26-15)12-25-18-5-3-2-4-17(18)19(24)23-10-7-20(8-11-23)6-9-21-14-20;;/h2-5,13,21H,6-12,14H2,1H3;2*1H. The lowest BCUT2D eigenvalue weighted by molar-refractivity contribution is 0.0603. The topological polar surface area (TPSA) is 54.5 Å². The van der Waals surface area contributed by atoms with Gasteiger partial charge in [-0.05, 0) is 50.3 Å². The first-order chi connectivity index (χ1) is 12.7. The Labute approximate surface area is 182 Å². The summed E-state index contributed by atoms with van der Waals surface area (Å²) >= 11 is 1.61. The molecular weight excluding hydrogens is 417 g/mol. The van der Waals surface area contributed by atoms with Crippen LogP contribution in [0.15, 0.2) is 29.6 Å². The number of amides is 1. The Hall–Kier alpha value is -1.34. The second-order valence-electron chi connectivity index (χ2n) is 7.36. The van der Waals surface area contributed by atoms with Gasteiger partial charge in [-0.2, -0.15) is 0 Å². The van der Waals surface area contributed by atoms with Gasteiger partial charge >= 0.3 is 0 Å². The van der Waals surface area contributed by atoms with Gasteiger partial charge in [-0.3, -0.25) is 4.79 Å². The van der Waals surface area contributed by atoms with Crippen molar-refractivity contribution in [2.75, 3.05) is 26.2 Å². The van der Waals surface area contributed by atoms with Crippen LogP contribution >= 0.6 is 36.2 Å². The van der Waals surface area contributed by atoms with Crippen molar-refractivity contribution in [3.63, 3.8) is 0 Å². The summed E-state index contributed by atoms with van der Waals surface area (Å²) in [6, 6.07) is 7.55. The molecule has 2 fully saturated rings. The lowest BCUT2D eigenvalue weighted by Gasteiger charge is -2.39. The van der Waals surface area contributed by atoms with Gasteiger partial charge in [0.2, 0.25) is 0 Å². The molecule has 1 spiro atoms. The predicted octanol–water partition coefficient (Wildman–Crippen LogP) is 4.09. The highest BCUT2D eigenvalue weighted by molar-refractivity contribution is 7.09. The summed E-state index contributed by atoms with van der Waals surface area (Å²) in [5, 5.41) is 6.50. The summed E-state index contributed by atoms with van der Waals surface area (Å²) in [5.41, 5.74) is 1.97. The van der Waals surface area contributed by atoms with Crippen molar-refractivity contribution in [2.24, 2.45) is 5.41 Å². The minimum atomic E-state index is 0. The van der Waals surface area contributed by atoms with Crippen LogP contribution in [-0.2, 0) is 6.61 Å². The van der Waals surface area contributed by atoms with E-state index in [1.807, 2.05) is 41.5 Å². The van der Waals surface area contributed by atoms with E-state index < -0.39 is 0 Å². The number of aryl methyl sites for hydroxylation is 1. The van der Waals surface area contributed by atoms with Crippen LogP contribution in [0.2, 0.25) is 0 Å². The number of para-hydroxylation sites is 1. The monoisotopic (exact) mass is 443 g/mol. The zero-order valence-corrected chi connectivity index (χ0v) is 18.4. The summed E-state index contributed by atoms with van der Waals surface area (Å²) in [7, 11) is 0. The average molecular weight is 444 g/mol. The maximum absolute atomic E-state index is 13.1. The van der Waals surface area contributed by atoms with Gasteiger partial charge in [-0.1, -0.05) is 12.1 Å². The van der Waals surface area contributed by atoms with E-state index in [-0.39, 0.29) is 30.7 Å². The molecular formula is C20H27Cl2N3O2S. The zero-order valence-electron chi connectivity index (χ0n) is 16.0. The highest BCUT2D eigenvalue weighted by Gasteiger charge is 2.38. The molecule has 154 valence electrons. The highest BCUT2D eigenvalue weighted by Crippen LogP contribution is 2.37. The largest absolute Gasteiger partial charge is 0.486 e. The first-order valence-corrected chi connectivity index (χ1v) is 10.2. The van der Waals surface area contributed by atoms with Crippen LogP contribution in [0.3, 0.4) is 0 Å². The molecule has 2 aliphatic rings. The Bertz CT molecular complexity index is 783. The molecule has 2 aromatic rings. The number of halogens is 2. The number of carbonyl (C=O) groups is 1. The normalized spacial score (nSPS) is 17.7. The van der Waals surface area contributed by atoms with Gasteiger partial charge < -0.3 is 15.0 Å². The third kappa shape index (κ3) is 4.98. The quantitative estimate of drug-likeness (QED) is 0.772. The van der Waals surface area contributed by atoms with Crippen molar-refractivity contribution < 1.29 is 9.53 Å². The minimum Gasteiger partial charge on any atom is -0.486 e. The molecule has 1 amide bonds. The Morgan fingerprint density at radius 2 is 2.00 bits per heavy atom. The van der Waals surface area contributed by atoms with E-state index in [1.54, 1.807) is 11.3 Å².